The molecule has 212 valence electrons. The quantitative estimate of drug-likeness (QED) is 0.125. The van der Waals surface area contributed by atoms with E-state index in [-0.39, 0.29) is 0 Å². The Hall–Kier alpha value is -4.02. The van der Waals surface area contributed by atoms with Gasteiger partial charge >= 0.3 is 0 Å². The maximum Gasteiger partial charge on any atom is 0.0737 e. The topological polar surface area (TPSA) is 70.0 Å². The van der Waals surface area contributed by atoms with Gasteiger partial charge in [-0.3, -0.25) is 4.90 Å². The van der Waals surface area contributed by atoms with E-state index < -0.39 is 0 Å². The third-order valence-corrected chi connectivity index (χ3v) is 8.44. The van der Waals surface area contributed by atoms with Crippen LogP contribution in [0.15, 0.2) is 78.3 Å². The Kier molecular flexibility index (Phi) is 8.34. The van der Waals surface area contributed by atoms with Crippen molar-refractivity contribution in [2.24, 2.45) is 5.73 Å². The lowest BCUT2D eigenvalue weighted by atomic mass is 9.98. The number of hydrogen-bond donors (Lipinski definition) is 4. The van der Waals surface area contributed by atoms with E-state index in [1.165, 1.54) is 24.8 Å². The van der Waals surface area contributed by atoms with Crippen LogP contribution in [-0.4, -0.2) is 34.5 Å². The highest BCUT2D eigenvalue weighted by molar-refractivity contribution is 7.80. The lowest BCUT2D eigenvalue weighted by molar-refractivity contribution is 0.255. The first-order chi connectivity index (χ1) is 20.5. The number of hydrogen-bond acceptors (Lipinski definition) is 5. The Morgan fingerprint density at radius 3 is 2.60 bits per heavy atom. The second kappa shape index (κ2) is 12.5. The van der Waals surface area contributed by atoms with Crippen molar-refractivity contribution < 1.29 is 0 Å². The highest BCUT2D eigenvalue weighted by Crippen LogP contribution is 2.34. The molecule has 4 N–H and O–H groups in total. The molecule has 6 heteroatoms. The van der Waals surface area contributed by atoms with Crippen LogP contribution in [0.3, 0.4) is 0 Å². The van der Waals surface area contributed by atoms with Gasteiger partial charge in [-0.05, 0) is 85.9 Å². The fourth-order valence-corrected chi connectivity index (χ4v) is 5.89. The van der Waals surface area contributed by atoms with Crippen molar-refractivity contribution in [1.29, 1.82) is 0 Å². The molecule has 3 aromatic carbocycles. The average molecular weight is 572 g/mol. The standard InChI is InChI=1S/C36H37N5S/c1-24-17-35-31(18-28(24)7-6-16-41-14-4-3-5-15-41)30(25(2)38-22-27-10-8-26(21-37)9-11-27)20-36(40-35)33-23-39-34-13-12-29(42)19-32(33)34/h8-13,17-20,23,38-39,42H,2-5,14-16,21-22,37H2,1H3. The van der Waals surface area contributed by atoms with Gasteiger partial charge in [-0.25, -0.2) is 4.98 Å². The van der Waals surface area contributed by atoms with E-state index in [1.807, 2.05) is 12.3 Å². The molecule has 1 aliphatic heterocycles. The summed E-state index contributed by atoms with van der Waals surface area (Å²) in [6.45, 7) is 10.9. The molecule has 42 heavy (non-hydrogen) atoms. The molecule has 0 aliphatic carbocycles. The number of aromatic nitrogens is 2. The zero-order chi connectivity index (χ0) is 29.1. The van der Waals surface area contributed by atoms with E-state index in [9.17, 15) is 0 Å². The van der Waals surface area contributed by atoms with E-state index in [0.717, 1.165) is 85.5 Å². The predicted octanol–water partition coefficient (Wildman–Crippen LogP) is 7.04. The van der Waals surface area contributed by atoms with Crippen molar-refractivity contribution >= 4 is 40.1 Å². The first-order valence-electron chi connectivity index (χ1n) is 14.7. The van der Waals surface area contributed by atoms with Gasteiger partial charge in [0.2, 0.25) is 0 Å². The number of fused-ring (bicyclic) bond motifs is 2. The number of nitrogens with two attached hydrogens (primary N) is 1. The van der Waals surface area contributed by atoms with Crippen LogP contribution in [0.4, 0.5) is 0 Å². The first kappa shape index (κ1) is 28.1. The van der Waals surface area contributed by atoms with Crippen LogP contribution in [0.5, 0.6) is 0 Å². The Bertz CT molecular complexity index is 1820. The zero-order valence-corrected chi connectivity index (χ0v) is 25.0. The summed E-state index contributed by atoms with van der Waals surface area (Å²) in [5.74, 6) is 6.90. The number of nitrogens with zero attached hydrogens (tertiary/aromatic N) is 2. The van der Waals surface area contributed by atoms with Gasteiger partial charge < -0.3 is 16.0 Å². The van der Waals surface area contributed by atoms with Crippen molar-refractivity contribution in [3.8, 4) is 23.1 Å². The minimum absolute atomic E-state index is 0.539. The van der Waals surface area contributed by atoms with Crippen LogP contribution in [-0.2, 0) is 13.1 Å². The smallest absolute Gasteiger partial charge is 0.0737 e. The van der Waals surface area contributed by atoms with Crippen molar-refractivity contribution in [2.45, 2.75) is 44.2 Å². The van der Waals surface area contributed by atoms with E-state index in [2.05, 4.69) is 108 Å². The number of thiol groups is 1. The van der Waals surface area contributed by atoms with Gasteiger partial charge in [0.1, 0.15) is 0 Å². The number of pyridine rings is 1. The molecular weight excluding hydrogens is 534 g/mol. The molecule has 0 bridgehead atoms. The third-order valence-electron chi connectivity index (χ3n) is 8.16. The summed E-state index contributed by atoms with van der Waals surface area (Å²) in [5.41, 5.74) is 16.0. The number of aryl methyl sites for hydroxylation is 1. The van der Waals surface area contributed by atoms with Crippen LogP contribution < -0.4 is 11.1 Å². The second-order valence-corrected chi connectivity index (χ2v) is 11.7. The van der Waals surface area contributed by atoms with E-state index in [0.29, 0.717) is 13.1 Å². The molecule has 0 spiro atoms. The number of aromatic amines is 1. The largest absolute Gasteiger partial charge is 0.381 e. The highest BCUT2D eigenvalue weighted by atomic mass is 32.1. The minimum Gasteiger partial charge on any atom is -0.381 e. The number of H-pyrrole nitrogens is 1. The van der Waals surface area contributed by atoms with E-state index in [4.69, 9.17) is 10.7 Å². The Labute approximate surface area is 253 Å². The molecule has 5 aromatic rings. The van der Waals surface area contributed by atoms with Gasteiger partial charge in [0.25, 0.3) is 0 Å². The number of nitrogens with one attached hydrogen (secondary N) is 2. The maximum atomic E-state index is 5.79. The van der Waals surface area contributed by atoms with Crippen molar-refractivity contribution in [3.63, 3.8) is 0 Å². The maximum absolute atomic E-state index is 5.79. The summed E-state index contributed by atoms with van der Waals surface area (Å²) >= 11 is 4.59. The summed E-state index contributed by atoms with van der Waals surface area (Å²) in [4.78, 5) is 11.9. The van der Waals surface area contributed by atoms with Gasteiger partial charge in [-0.1, -0.05) is 49.1 Å². The van der Waals surface area contributed by atoms with Crippen LogP contribution in [0.25, 0.3) is 38.8 Å². The molecule has 0 unspecified atom stereocenters. The number of rotatable bonds is 7. The van der Waals surface area contributed by atoms with Gasteiger partial charge in [-0.2, -0.15) is 0 Å². The Balaban J connectivity index is 1.39. The normalized spacial score (nSPS) is 13.7. The Morgan fingerprint density at radius 2 is 1.81 bits per heavy atom. The third kappa shape index (κ3) is 6.10. The first-order valence-corrected chi connectivity index (χ1v) is 15.1. The molecule has 1 saturated heterocycles. The molecule has 0 atom stereocenters. The van der Waals surface area contributed by atoms with Gasteiger partial charge in [-0.15, -0.1) is 12.6 Å². The van der Waals surface area contributed by atoms with Gasteiger partial charge in [0.15, 0.2) is 0 Å². The summed E-state index contributed by atoms with van der Waals surface area (Å²) in [5, 5.41) is 5.70. The second-order valence-electron chi connectivity index (χ2n) is 11.2. The van der Waals surface area contributed by atoms with E-state index in [1.54, 1.807) is 0 Å². The van der Waals surface area contributed by atoms with Crippen molar-refractivity contribution in [3.05, 3.63) is 101 Å². The molecule has 5 nitrogen and oxygen atoms in total. The molecule has 0 saturated carbocycles. The van der Waals surface area contributed by atoms with E-state index >= 15 is 0 Å². The summed E-state index contributed by atoms with van der Waals surface area (Å²) < 4.78 is 0. The lowest BCUT2D eigenvalue weighted by Gasteiger charge is -2.23. The Morgan fingerprint density at radius 1 is 1.02 bits per heavy atom. The molecule has 1 fully saturated rings. The van der Waals surface area contributed by atoms with Crippen molar-refractivity contribution in [1.82, 2.24) is 20.2 Å². The number of benzene rings is 3. The summed E-state index contributed by atoms with van der Waals surface area (Å²) in [7, 11) is 0. The van der Waals surface area contributed by atoms with Crippen molar-refractivity contribution in [2.75, 3.05) is 19.6 Å². The fraction of sp³-hybridized carbons (Fsp3) is 0.250. The summed E-state index contributed by atoms with van der Waals surface area (Å²) in [6.07, 6.45) is 5.90. The number of piperidine rings is 1. The minimum atomic E-state index is 0.539. The van der Waals surface area contributed by atoms with Gasteiger partial charge in [0.05, 0.1) is 17.8 Å². The molecule has 2 aromatic heterocycles. The zero-order valence-electron chi connectivity index (χ0n) is 24.1. The lowest BCUT2D eigenvalue weighted by Crippen LogP contribution is -2.29. The van der Waals surface area contributed by atoms with Crippen LogP contribution >= 0.6 is 12.6 Å². The summed E-state index contributed by atoms with van der Waals surface area (Å²) in [6, 6.07) is 21.0. The van der Waals surface area contributed by atoms with Crippen LogP contribution in [0.1, 0.15) is 47.1 Å². The monoisotopic (exact) mass is 571 g/mol. The molecule has 1 aliphatic rings. The average Bonchev–Trinajstić information content (AvgIpc) is 3.43. The SMILES string of the molecule is C=C(NCc1ccc(CN)cc1)c1cc(-c2c[nH]c3ccc(S)cc23)nc2cc(C)c(C#CCN3CCCCC3)cc12. The molecular formula is C36H37N5S. The fourth-order valence-electron chi connectivity index (χ4n) is 5.68. The predicted molar refractivity (Wildman–Crippen MR) is 178 cm³/mol. The van der Waals surface area contributed by atoms with Crippen LogP contribution in [0, 0.1) is 18.8 Å². The number of likely N-dealkylation sites (tertiary alicyclic amines) is 1. The molecule has 3 heterocycles. The highest BCUT2D eigenvalue weighted by Gasteiger charge is 2.15. The molecule has 0 radical (unpaired) electrons. The molecule has 6 rings (SSSR count). The molecule has 0 amide bonds. The van der Waals surface area contributed by atoms with Crippen LogP contribution in [0.2, 0.25) is 0 Å². The van der Waals surface area contributed by atoms with Gasteiger partial charge in [0, 0.05) is 62.9 Å².